The number of ether oxygens (including phenoxy) is 2. The van der Waals surface area contributed by atoms with Crippen LogP contribution in [0.15, 0.2) is 60.7 Å². The lowest BCUT2D eigenvalue weighted by atomic mass is 9.90. The SMILES string of the molecule is COc1ccc(C(=O)Nc2ccc(Cl)c(CN(C(=O)c3ccc(C#N)cc3)C3CCC(N)CC3)c2)cc1OC. The molecule has 1 saturated carbocycles. The number of methoxy groups -OCH3 is 2. The van der Waals surface area contributed by atoms with E-state index in [0.717, 1.165) is 25.7 Å². The molecule has 0 atom stereocenters. The van der Waals surface area contributed by atoms with Crippen LogP contribution in [0, 0.1) is 11.3 Å². The standard InChI is InChI=1S/C30H31ClN4O4/c1-38-27-14-7-21(16-28(27)39-2)29(36)34-24-10-13-26(31)22(15-24)18-35(25-11-8-23(33)9-12-25)30(37)20-5-3-19(17-32)4-6-20/h3-7,10,13-16,23,25H,8-9,11-12,18,33H2,1-2H3,(H,34,36). The Morgan fingerprint density at radius 3 is 2.28 bits per heavy atom. The highest BCUT2D eigenvalue weighted by Gasteiger charge is 2.29. The number of nitrogens with two attached hydrogens (primary N) is 1. The second-order valence-electron chi connectivity index (χ2n) is 9.52. The molecule has 0 heterocycles. The lowest BCUT2D eigenvalue weighted by Gasteiger charge is -2.36. The van der Waals surface area contributed by atoms with Crippen LogP contribution < -0.4 is 20.5 Å². The largest absolute Gasteiger partial charge is 0.493 e. The van der Waals surface area contributed by atoms with E-state index in [1.165, 1.54) is 14.2 Å². The molecule has 1 aliphatic carbocycles. The van der Waals surface area contributed by atoms with Crippen LogP contribution in [0.3, 0.4) is 0 Å². The van der Waals surface area contributed by atoms with Crippen molar-refractivity contribution in [2.24, 2.45) is 5.73 Å². The number of carbonyl (C=O) groups is 2. The molecule has 202 valence electrons. The Labute approximate surface area is 233 Å². The number of anilines is 1. The number of halogens is 1. The van der Waals surface area contributed by atoms with Crippen LogP contribution in [0.2, 0.25) is 5.02 Å². The van der Waals surface area contributed by atoms with E-state index in [4.69, 9.17) is 32.1 Å². The average molecular weight is 547 g/mol. The summed E-state index contributed by atoms with van der Waals surface area (Å²) in [5.74, 6) is 0.511. The maximum absolute atomic E-state index is 13.7. The number of carbonyl (C=O) groups excluding carboxylic acids is 2. The third kappa shape index (κ3) is 6.69. The lowest BCUT2D eigenvalue weighted by Crippen LogP contribution is -2.44. The molecule has 9 heteroatoms. The molecule has 39 heavy (non-hydrogen) atoms. The zero-order chi connectivity index (χ0) is 27.9. The van der Waals surface area contributed by atoms with E-state index in [0.29, 0.717) is 44.5 Å². The van der Waals surface area contributed by atoms with E-state index < -0.39 is 0 Å². The molecule has 1 fully saturated rings. The topological polar surface area (TPSA) is 118 Å². The van der Waals surface area contributed by atoms with Crippen LogP contribution in [0.1, 0.15) is 57.5 Å². The molecule has 0 radical (unpaired) electrons. The van der Waals surface area contributed by atoms with Crippen molar-refractivity contribution in [3.8, 4) is 17.6 Å². The maximum Gasteiger partial charge on any atom is 0.255 e. The van der Waals surface area contributed by atoms with Crippen LogP contribution in [0.5, 0.6) is 11.5 Å². The normalized spacial score (nSPS) is 16.6. The van der Waals surface area contributed by atoms with Gasteiger partial charge in [0.25, 0.3) is 11.8 Å². The van der Waals surface area contributed by atoms with Gasteiger partial charge in [-0.1, -0.05) is 11.6 Å². The fourth-order valence-corrected chi connectivity index (χ4v) is 4.95. The molecular weight excluding hydrogens is 516 g/mol. The number of nitriles is 1. The van der Waals surface area contributed by atoms with Gasteiger partial charge in [0, 0.05) is 40.5 Å². The van der Waals surface area contributed by atoms with Gasteiger partial charge in [0.2, 0.25) is 0 Å². The Kier molecular flexibility index (Phi) is 9.07. The molecular formula is C30H31ClN4O4. The molecule has 4 rings (SSSR count). The number of rotatable bonds is 8. The van der Waals surface area contributed by atoms with Crippen LogP contribution >= 0.6 is 11.6 Å². The Hall–Kier alpha value is -4.06. The summed E-state index contributed by atoms with van der Waals surface area (Å²) in [4.78, 5) is 28.5. The summed E-state index contributed by atoms with van der Waals surface area (Å²) in [5, 5.41) is 12.5. The quantitative estimate of drug-likeness (QED) is 0.391. The summed E-state index contributed by atoms with van der Waals surface area (Å²) >= 11 is 6.58. The van der Waals surface area contributed by atoms with Crippen molar-refractivity contribution < 1.29 is 19.1 Å². The van der Waals surface area contributed by atoms with Gasteiger partial charge in [0.05, 0.1) is 25.9 Å². The lowest BCUT2D eigenvalue weighted by molar-refractivity contribution is 0.0606. The van der Waals surface area contributed by atoms with E-state index >= 15 is 0 Å². The molecule has 1 aliphatic rings. The van der Waals surface area contributed by atoms with Crippen molar-refractivity contribution in [2.45, 2.75) is 44.3 Å². The summed E-state index contributed by atoms with van der Waals surface area (Å²) in [5.41, 5.74) is 8.78. The molecule has 0 saturated heterocycles. The van der Waals surface area contributed by atoms with Crippen molar-refractivity contribution in [2.75, 3.05) is 19.5 Å². The van der Waals surface area contributed by atoms with Crippen molar-refractivity contribution in [1.29, 1.82) is 5.26 Å². The number of nitrogens with zero attached hydrogens (tertiary/aromatic N) is 2. The van der Waals surface area contributed by atoms with Gasteiger partial charge in [-0.3, -0.25) is 9.59 Å². The summed E-state index contributed by atoms with van der Waals surface area (Å²) in [6, 6.07) is 19.0. The van der Waals surface area contributed by atoms with Crippen LogP contribution in [-0.2, 0) is 6.54 Å². The molecule has 3 aromatic rings. The molecule has 3 aromatic carbocycles. The van der Waals surface area contributed by atoms with Gasteiger partial charge < -0.3 is 25.4 Å². The molecule has 0 aromatic heterocycles. The number of benzene rings is 3. The highest BCUT2D eigenvalue weighted by Crippen LogP contribution is 2.30. The number of nitrogens with one attached hydrogen (secondary N) is 1. The smallest absolute Gasteiger partial charge is 0.255 e. The van der Waals surface area contributed by atoms with E-state index in [2.05, 4.69) is 11.4 Å². The molecule has 0 spiro atoms. The van der Waals surface area contributed by atoms with Crippen molar-refractivity contribution in [3.05, 3.63) is 87.9 Å². The number of hydrogen-bond acceptors (Lipinski definition) is 6. The van der Waals surface area contributed by atoms with E-state index in [1.54, 1.807) is 60.7 Å². The van der Waals surface area contributed by atoms with Gasteiger partial charge in [-0.25, -0.2) is 0 Å². The van der Waals surface area contributed by atoms with Gasteiger partial charge in [-0.05, 0) is 91.9 Å². The number of hydrogen-bond donors (Lipinski definition) is 2. The van der Waals surface area contributed by atoms with E-state index in [-0.39, 0.29) is 30.4 Å². The maximum atomic E-state index is 13.7. The highest BCUT2D eigenvalue weighted by atomic mass is 35.5. The van der Waals surface area contributed by atoms with E-state index in [9.17, 15) is 9.59 Å². The summed E-state index contributed by atoms with van der Waals surface area (Å²) in [7, 11) is 3.04. The third-order valence-corrected chi connectivity index (χ3v) is 7.36. The Morgan fingerprint density at radius 1 is 0.974 bits per heavy atom. The zero-order valence-corrected chi connectivity index (χ0v) is 22.7. The van der Waals surface area contributed by atoms with Gasteiger partial charge in [0.1, 0.15) is 0 Å². The van der Waals surface area contributed by atoms with Crippen molar-refractivity contribution in [1.82, 2.24) is 4.90 Å². The zero-order valence-electron chi connectivity index (χ0n) is 21.9. The number of amides is 2. The minimum absolute atomic E-state index is 0.00554. The first-order valence-corrected chi connectivity index (χ1v) is 13.1. The van der Waals surface area contributed by atoms with Crippen molar-refractivity contribution >= 4 is 29.1 Å². The molecule has 3 N–H and O–H groups in total. The average Bonchev–Trinajstić information content (AvgIpc) is 2.97. The monoisotopic (exact) mass is 546 g/mol. The predicted octanol–water partition coefficient (Wildman–Crippen LogP) is 5.39. The Balaban J connectivity index is 1.58. The first-order valence-electron chi connectivity index (χ1n) is 12.7. The minimum Gasteiger partial charge on any atom is -0.493 e. The molecule has 0 bridgehead atoms. The van der Waals surface area contributed by atoms with Crippen LogP contribution in [0.4, 0.5) is 5.69 Å². The summed E-state index contributed by atoms with van der Waals surface area (Å²) in [6.45, 7) is 0.262. The van der Waals surface area contributed by atoms with Gasteiger partial charge in [-0.15, -0.1) is 0 Å². The van der Waals surface area contributed by atoms with Gasteiger partial charge in [-0.2, -0.15) is 5.26 Å². The van der Waals surface area contributed by atoms with E-state index in [1.807, 2.05) is 4.90 Å². The van der Waals surface area contributed by atoms with Crippen molar-refractivity contribution in [3.63, 3.8) is 0 Å². The second-order valence-corrected chi connectivity index (χ2v) is 9.93. The highest BCUT2D eigenvalue weighted by molar-refractivity contribution is 6.31. The molecule has 0 aliphatic heterocycles. The molecule has 0 unspecified atom stereocenters. The third-order valence-electron chi connectivity index (χ3n) is 6.99. The fourth-order valence-electron chi connectivity index (χ4n) is 4.77. The molecule has 2 amide bonds. The van der Waals surface area contributed by atoms with Crippen LogP contribution in [0.25, 0.3) is 0 Å². The summed E-state index contributed by atoms with van der Waals surface area (Å²) < 4.78 is 10.6. The summed E-state index contributed by atoms with van der Waals surface area (Å²) in [6.07, 6.45) is 3.24. The van der Waals surface area contributed by atoms with Crippen LogP contribution in [-0.4, -0.2) is 43.0 Å². The second kappa shape index (κ2) is 12.7. The first kappa shape index (κ1) is 28.0. The fraction of sp³-hybridized carbons (Fsp3) is 0.300. The van der Waals surface area contributed by atoms with Gasteiger partial charge in [0.15, 0.2) is 11.5 Å². The Bertz CT molecular complexity index is 1380. The predicted molar refractivity (Wildman–Crippen MR) is 150 cm³/mol. The first-order chi connectivity index (χ1) is 18.8. The Morgan fingerprint density at radius 2 is 1.64 bits per heavy atom. The van der Waals surface area contributed by atoms with Gasteiger partial charge >= 0.3 is 0 Å². The molecule has 8 nitrogen and oxygen atoms in total. The minimum atomic E-state index is -0.323.